The summed E-state index contributed by atoms with van der Waals surface area (Å²) in [6, 6.07) is 4.44. The van der Waals surface area contributed by atoms with Crippen molar-refractivity contribution in [2.75, 3.05) is 18.1 Å². The number of anilines is 1. The molecule has 0 bridgehead atoms. The second kappa shape index (κ2) is 5.17. The second-order valence-corrected chi connectivity index (χ2v) is 5.21. The fraction of sp³-hybridized carbons (Fsp3) is 0.571. The standard InChI is InChI=1S/C14H20N4O/c1-11-10-14(18-13(16-11)5-7-15-18)17-8-3-2-4-12(17)6-9-19/h5,7,10,12,19H,2-4,6,8-9H2,1H3. The van der Waals surface area contributed by atoms with Crippen LogP contribution in [0.2, 0.25) is 0 Å². The molecule has 2 aromatic rings. The Kier molecular flexibility index (Phi) is 3.38. The minimum absolute atomic E-state index is 0.244. The number of aromatic nitrogens is 3. The zero-order valence-corrected chi connectivity index (χ0v) is 11.3. The molecule has 5 heteroatoms. The Morgan fingerprint density at radius 3 is 3.16 bits per heavy atom. The molecule has 102 valence electrons. The van der Waals surface area contributed by atoms with Gasteiger partial charge in [-0.1, -0.05) is 0 Å². The molecule has 1 fully saturated rings. The van der Waals surface area contributed by atoms with Crippen LogP contribution in [0.4, 0.5) is 5.82 Å². The largest absolute Gasteiger partial charge is 0.396 e. The number of aliphatic hydroxyl groups is 1. The second-order valence-electron chi connectivity index (χ2n) is 5.21. The van der Waals surface area contributed by atoms with E-state index in [2.05, 4.69) is 21.0 Å². The average Bonchev–Trinajstić information content (AvgIpc) is 2.87. The van der Waals surface area contributed by atoms with Crippen LogP contribution in [0.5, 0.6) is 0 Å². The van der Waals surface area contributed by atoms with Gasteiger partial charge < -0.3 is 10.0 Å². The van der Waals surface area contributed by atoms with Crippen LogP contribution in [0.1, 0.15) is 31.4 Å². The molecule has 0 saturated carbocycles. The summed E-state index contributed by atoms with van der Waals surface area (Å²) in [7, 11) is 0. The van der Waals surface area contributed by atoms with Crippen molar-refractivity contribution in [3.05, 3.63) is 24.0 Å². The van der Waals surface area contributed by atoms with E-state index in [0.29, 0.717) is 6.04 Å². The molecule has 3 rings (SSSR count). The Labute approximate surface area is 112 Å². The highest BCUT2D eigenvalue weighted by atomic mass is 16.3. The fourth-order valence-corrected chi connectivity index (χ4v) is 2.97. The Hall–Kier alpha value is -1.62. The Morgan fingerprint density at radius 1 is 1.42 bits per heavy atom. The molecule has 1 aliphatic rings. The summed E-state index contributed by atoms with van der Waals surface area (Å²) in [5.74, 6) is 1.10. The van der Waals surface area contributed by atoms with Crippen LogP contribution in [-0.4, -0.2) is 38.9 Å². The highest BCUT2D eigenvalue weighted by Gasteiger charge is 2.24. The van der Waals surface area contributed by atoms with E-state index in [-0.39, 0.29) is 6.61 Å². The monoisotopic (exact) mass is 260 g/mol. The van der Waals surface area contributed by atoms with E-state index in [9.17, 15) is 5.11 Å². The van der Waals surface area contributed by atoms with E-state index in [1.54, 1.807) is 6.20 Å². The van der Waals surface area contributed by atoms with Crippen LogP contribution in [0.25, 0.3) is 5.65 Å². The first-order chi connectivity index (χ1) is 9.29. The molecule has 1 aliphatic heterocycles. The van der Waals surface area contributed by atoms with Gasteiger partial charge in [-0.15, -0.1) is 0 Å². The third kappa shape index (κ3) is 2.30. The van der Waals surface area contributed by atoms with Gasteiger partial charge in [0.2, 0.25) is 0 Å². The number of piperidine rings is 1. The minimum atomic E-state index is 0.244. The Bertz CT molecular complexity index is 564. The molecule has 1 atom stereocenters. The maximum Gasteiger partial charge on any atom is 0.157 e. The predicted molar refractivity (Wildman–Crippen MR) is 74.4 cm³/mol. The van der Waals surface area contributed by atoms with Gasteiger partial charge in [0.25, 0.3) is 0 Å². The van der Waals surface area contributed by atoms with E-state index in [4.69, 9.17) is 0 Å². The lowest BCUT2D eigenvalue weighted by Gasteiger charge is -2.37. The summed E-state index contributed by atoms with van der Waals surface area (Å²) in [6.45, 7) is 3.29. The normalized spacial score (nSPS) is 20.1. The SMILES string of the molecule is Cc1cc(N2CCCCC2CCO)n2nccc2n1. The van der Waals surface area contributed by atoms with Gasteiger partial charge >= 0.3 is 0 Å². The third-order valence-corrected chi connectivity index (χ3v) is 3.85. The Balaban J connectivity index is 2.03. The van der Waals surface area contributed by atoms with Gasteiger partial charge in [-0.3, -0.25) is 0 Å². The summed E-state index contributed by atoms with van der Waals surface area (Å²) in [5, 5.41) is 13.6. The Morgan fingerprint density at radius 2 is 2.32 bits per heavy atom. The lowest BCUT2D eigenvalue weighted by molar-refractivity contribution is 0.262. The van der Waals surface area contributed by atoms with Gasteiger partial charge in [-0.25, -0.2) is 4.98 Å². The molecule has 0 aliphatic carbocycles. The molecule has 3 heterocycles. The zero-order chi connectivity index (χ0) is 13.2. The van der Waals surface area contributed by atoms with Crippen molar-refractivity contribution in [2.45, 2.75) is 38.6 Å². The van der Waals surface area contributed by atoms with Crippen molar-refractivity contribution in [3.63, 3.8) is 0 Å². The molecular formula is C14H20N4O. The van der Waals surface area contributed by atoms with Gasteiger partial charge in [-0.2, -0.15) is 9.61 Å². The van der Waals surface area contributed by atoms with Crippen LogP contribution in [0.3, 0.4) is 0 Å². The molecule has 1 unspecified atom stereocenters. The number of hydrogen-bond donors (Lipinski definition) is 1. The summed E-state index contributed by atoms with van der Waals surface area (Å²) < 4.78 is 1.91. The van der Waals surface area contributed by atoms with Crippen molar-refractivity contribution < 1.29 is 5.11 Å². The van der Waals surface area contributed by atoms with Crippen molar-refractivity contribution in [1.29, 1.82) is 0 Å². The van der Waals surface area contributed by atoms with Gasteiger partial charge in [0.1, 0.15) is 5.82 Å². The summed E-state index contributed by atoms with van der Waals surface area (Å²) in [4.78, 5) is 6.87. The van der Waals surface area contributed by atoms with Crippen molar-refractivity contribution in [3.8, 4) is 0 Å². The van der Waals surface area contributed by atoms with Crippen molar-refractivity contribution >= 4 is 11.5 Å². The number of fused-ring (bicyclic) bond motifs is 1. The van der Waals surface area contributed by atoms with E-state index < -0.39 is 0 Å². The summed E-state index contributed by atoms with van der Waals surface area (Å²) in [6.07, 6.45) is 6.20. The van der Waals surface area contributed by atoms with Gasteiger partial charge in [-0.05, 0) is 32.6 Å². The number of hydrogen-bond acceptors (Lipinski definition) is 4. The smallest absolute Gasteiger partial charge is 0.157 e. The maximum absolute atomic E-state index is 9.25. The molecule has 0 aromatic carbocycles. The van der Waals surface area contributed by atoms with E-state index in [1.165, 1.54) is 12.8 Å². The van der Waals surface area contributed by atoms with E-state index >= 15 is 0 Å². The lowest BCUT2D eigenvalue weighted by Crippen LogP contribution is -2.41. The topological polar surface area (TPSA) is 53.7 Å². The number of aliphatic hydroxyl groups excluding tert-OH is 1. The highest BCUT2D eigenvalue weighted by molar-refractivity contribution is 5.51. The van der Waals surface area contributed by atoms with Gasteiger partial charge in [0.15, 0.2) is 5.65 Å². The number of rotatable bonds is 3. The molecule has 0 amide bonds. The quantitative estimate of drug-likeness (QED) is 0.914. The molecule has 19 heavy (non-hydrogen) atoms. The molecule has 2 aromatic heterocycles. The van der Waals surface area contributed by atoms with Crippen molar-refractivity contribution in [2.24, 2.45) is 0 Å². The van der Waals surface area contributed by atoms with E-state index in [1.807, 2.05) is 17.5 Å². The van der Waals surface area contributed by atoms with Crippen LogP contribution < -0.4 is 4.90 Å². The first-order valence-corrected chi connectivity index (χ1v) is 6.98. The minimum Gasteiger partial charge on any atom is -0.396 e. The fourth-order valence-electron chi connectivity index (χ4n) is 2.97. The van der Waals surface area contributed by atoms with Crippen LogP contribution in [-0.2, 0) is 0 Å². The molecular weight excluding hydrogens is 240 g/mol. The van der Waals surface area contributed by atoms with Crippen LogP contribution >= 0.6 is 0 Å². The van der Waals surface area contributed by atoms with Crippen molar-refractivity contribution in [1.82, 2.24) is 14.6 Å². The van der Waals surface area contributed by atoms with E-state index in [0.717, 1.165) is 36.5 Å². The zero-order valence-electron chi connectivity index (χ0n) is 11.3. The van der Waals surface area contributed by atoms with Gasteiger partial charge in [0.05, 0.1) is 6.20 Å². The third-order valence-electron chi connectivity index (χ3n) is 3.85. The first kappa shape index (κ1) is 12.4. The van der Waals surface area contributed by atoms with Crippen LogP contribution in [0, 0.1) is 6.92 Å². The van der Waals surface area contributed by atoms with Gasteiger partial charge in [0, 0.05) is 37.0 Å². The molecule has 0 radical (unpaired) electrons. The molecule has 1 N–H and O–H groups in total. The molecule has 1 saturated heterocycles. The molecule has 5 nitrogen and oxygen atoms in total. The molecule has 0 spiro atoms. The lowest BCUT2D eigenvalue weighted by atomic mass is 9.99. The number of nitrogens with zero attached hydrogens (tertiary/aromatic N) is 4. The first-order valence-electron chi connectivity index (χ1n) is 6.98. The average molecular weight is 260 g/mol. The van der Waals surface area contributed by atoms with Crippen LogP contribution in [0.15, 0.2) is 18.3 Å². The maximum atomic E-state index is 9.25. The predicted octanol–water partition coefficient (Wildman–Crippen LogP) is 1.78. The summed E-state index contributed by atoms with van der Waals surface area (Å²) in [5.41, 5.74) is 1.90. The highest BCUT2D eigenvalue weighted by Crippen LogP contribution is 2.27. The number of aryl methyl sites for hydroxylation is 1. The summed E-state index contributed by atoms with van der Waals surface area (Å²) >= 11 is 0.